The molecule has 128 valence electrons. The third-order valence-electron chi connectivity index (χ3n) is 4.82. The van der Waals surface area contributed by atoms with Crippen LogP contribution in [0.1, 0.15) is 6.92 Å². The van der Waals surface area contributed by atoms with E-state index >= 15 is 0 Å². The van der Waals surface area contributed by atoms with Crippen molar-refractivity contribution in [2.45, 2.75) is 6.92 Å². The molecule has 1 aliphatic rings. The van der Waals surface area contributed by atoms with Crippen LogP contribution in [0.5, 0.6) is 0 Å². The van der Waals surface area contributed by atoms with E-state index in [4.69, 9.17) is 11.6 Å². The van der Waals surface area contributed by atoms with Gasteiger partial charge in [-0.1, -0.05) is 24.6 Å². The average molecular weight is 355 g/mol. The van der Waals surface area contributed by atoms with Crippen molar-refractivity contribution >= 4 is 34.2 Å². The second-order valence-corrected chi connectivity index (χ2v) is 6.90. The molecule has 2 heterocycles. The van der Waals surface area contributed by atoms with Crippen LogP contribution in [-0.2, 0) is 4.79 Å². The molecule has 3 N–H and O–H groups in total. The predicted molar refractivity (Wildman–Crippen MR) is 101 cm³/mol. The van der Waals surface area contributed by atoms with Crippen LogP contribution in [0.3, 0.4) is 0 Å². The maximum Gasteiger partial charge on any atom is 0.227 e. The summed E-state index contributed by atoms with van der Waals surface area (Å²) < 4.78 is 0. The minimum Gasteiger partial charge on any atom is -0.338 e. The zero-order chi connectivity index (χ0) is 17.4. The topological polar surface area (TPSA) is 69.8 Å². The standard InChI is InChI=1S/C19H19ClN4O/c1-11(13-9-21-10-13)19(25)22-14-7-5-12(6-8-14)18-23-16-4-2-3-15(20)17(16)24-18/h2-8,11,13,21H,9-10H2,1H3,(H,22,25)(H,23,24). The number of carbonyl (C=O) groups is 1. The molecule has 2 aromatic carbocycles. The monoisotopic (exact) mass is 354 g/mol. The summed E-state index contributed by atoms with van der Waals surface area (Å²) in [4.78, 5) is 20.1. The number of amides is 1. The summed E-state index contributed by atoms with van der Waals surface area (Å²) in [5, 5.41) is 6.82. The van der Waals surface area contributed by atoms with Crippen LogP contribution in [0.25, 0.3) is 22.4 Å². The lowest BCUT2D eigenvalue weighted by Crippen LogP contribution is -2.48. The highest BCUT2D eigenvalue weighted by Gasteiger charge is 2.28. The van der Waals surface area contributed by atoms with Gasteiger partial charge in [-0.2, -0.15) is 0 Å². The first-order chi connectivity index (χ1) is 12.1. The Morgan fingerprint density at radius 2 is 2.00 bits per heavy atom. The molecule has 1 fully saturated rings. The molecule has 1 aromatic heterocycles. The number of fused-ring (bicyclic) bond motifs is 1. The van der Waals surface area contributed by atoms with E-state index < -0.39 is 0 Å². The lowest BCUT2D eigenvalue weighted by atomic mass is 9.88. The second kappa shape index (κ2) is 6.50. The van der Waals surface area contributed by atoms with E-state index in [1.807, 2.05) is 49.4 Å². The Kier molecular flexibility index (Phi) is 4.19. The highest BCUT2D eigenvalue weighted by Crippen LogP contribution is 2.26. The Hall–Kier alpha value is -2.37. The summed E-state index contributed by atoms with van der Waals surface area (Å²) in [6.45, 7) is 3.82. The first-order valence-electron chi connectivity index (χ1n) is 8.38. The van der Waals surface area contributed by atoms with E-state index in [9.17, 15) is 4.79 Å². The molecule has 1 atom stereocenters. The molecule has 6 heteroatoms. The molecular formula is C19H19ClN4O. The number of H-pyrrole nitrogens is 1. The molecule has 0 aliphatic carbocycles. The van der Waals surface area contributed by atoms with Gasteiger partial charge in [0.1, 0.15) is 11.3 Å². The van der Waals surface area contributed by atoms with E-state index in [0.717, 1.165) is 41.2 Å². The highest BCUT2D eigenvalue weighted by molar-refractivity contribution is 6.35. The van der Waals surface area contributed by atoms with E-state index in [2.05, 4.69) is 20.6 Å². The summed E-state index contributed by atoms with van der Waals surface area (Å²) >= 11 is 6.18. The van der Waals surface area contributed by atoms with Crippen molar-refractivity contribution in [3.8, 4) is 11.4 Å². The predicted octanol–water partition coefficient (Wildman–Crippen LogP) is 3.68. The van der Waals surface area contributed by atoms with Crippen LogP contribution in [0.15, 0.2) is 42.5 Å². The second-order valence-electron chi connectivity index (χ2n) is 6.50. The van der Waals surface area contributed by atoms with Crippen molar-refractivity contribution < 1.29 is 4.79 Å². The Bertz CT molecular complexity index is 915. The Labute approximate surface area is 150 Å². The van der Waals surface area contributed by atoms with Gasteiger partial charge in [-0.3, -0.25) is 4.79 Å². The molecule has 5 nitrogen and oxygen atoms in total. The van der Waals surface area contributed by atoms with E-state index in [0.29, 0.717) is 10.9 Å². The molecule has 0 bridgehead atoms. The third kappa shape index (κ3) is 3.13. The smallest absolute Gasteiger partial charge is 0.227 e. The van der Waals surface area contributed by atoms with Gasteiger partial charge in [0.15, 0.2) is 0 Å². The van der Waals surface area contributed by atoms with Crippen LogP contribution in [-0.4, -0.2) is 29.0 Å². The number of rotatable bonds is 4. The first kappa shape index (κ1) is 16.1. The van der Waals surface area contributed by atoms with Crippen molar-refractivity contribution in [1.29, 1.82) is 0 Å². The van der Waals surface area contributed by atoms with Gasteiger partial charge >= 0.3 is 0 Å². The molecule has 25 heavy (non-hydrogen) atoms. The molecule has 1 aliphatic heterocycles. The van der Waals surface area contributed by atoms with Gasteiger partial charge in [0.25, 0.3) is 0 Å². The summed E-state index contributed by atoms with van der Waals surface area (Å²) in [5.41, 5.74) is 3.41. The molecule has 0 radical (unpaired) electrons. The Balaban J connectivity index is 1.51. The molecule has 0 spiro atoms. The molecule has 4 rings (SSSR count). The van der Waals surface area contributed by atoms with Gasteiger partial charge < -0.3 is 15.6 Å². The Morgan fingerprint density at radius 3 is 2.64 bits per heavy atom. The quantitative estimate of drug-likeness (QED) is 0.669. The van der Waals surface area contributed by atoms with E-state index in [1.165, 1.54) is 0 Å². The van der Waals surface area contributed by atoms with Crippen molar-refractivity contribution in [3.63, 3.8) is 0 Å². The maximum absolute atomic E-state index is 12.3. The third-order valence-corrected chi connectivity index (χ3v) is 5.13. The highest BCUT2D eigenvalue weighted by atomic mass is 35.5. The number of nitrogens with zero attached hydrogens (tertiary/aromatic N) is 1. The molecular weight excluding hydrogens is 336 g/mol. The number of anilines is 1. The van der Waals surface area contributed by atoms with Gasteiger partial charge in [-0.25, -0.2) is 4.98 Å². The fraction of sp³-hybridized carbons (Fsp3) is 0.263. The van der Waals surface area contributed by atoms with Crippen LogP contribution in [0.2, 0.25) is 5.02 Å². The van der Waals surface area contributed by atoms with Crippen LogP contribution < -0.4 is 10.6 Å². The number of imidazole rings is 1. The largest absolute Gasteiger partial charge is 0.338 e. The number of nitrogens with one attached hydrogen (secondary N) is 3. The van der Waals surface area contributed by atoms with Crippen molar-refractivity contribution in [3.05, 3.63) is 47.5 Å². The number of carbonyl (C=O) groups excluding carboxylic acids is 1. The lowest BCUT2D eigenvalue weighted by Gasteiger charge is -2.31. The summed E-state index contributed by atoms with van der Waals surface area (Å²) in [6, 6.07) is 13.3. The zero-order valence-electron chi connectivity index (χ0n) is 13.8. The summed E-state index contributed by atoms with van der Waals surface area (Å²) in [5.74, 6) is 1.27. The first-order valence-corrected chi connectivity index (χ1v) is 8.76. The van der Waals surface area contributed by atoms with Gasteiger partial charge in [0, 0.05) is 17.2 Å². The minimum absolute atomic E-state index is 0.0124. The van der Waals surface area contributed by atoms with Gasteiger partial charge in [-0.05, 0) is 55.4 Å². The van der Waals surface area contributed by atoms with Gasteiger partial charge in [0.2, 0.25) is 5.91 Å². The summed E-state index contributed by atoms with van der Waals surface area (Å²) in [7, 11) is 0. The molecule has 3 aromatic rings. The van der Waals surface area contributed by atoms with Crippen molar-refractivity contribution in [2.75, 3.05) is 18.4 Å². The van der Waals surface area contributed by atoms with Crippen LogP contribution in [0.4, 0.5) is 5.69 Å². The van der Waals surface area contributed by atoms with Gasteiger partial charge in [-0.15, -0.1) is 0 Å². The number of benzene rings is 2. The summed E-state index contributed by atoms with van der Waals surface area (Å²) in [6.07, 6.45) is 0. The lowest BCUT2D eigenvalue weighted by molar-refractivity contribution is -0.121. The SMILES string of the molecule is CC(C(=O)Nc1ccc(-c2nc3c(Cl)cccc3[nH]2)cc1)C1CNC1. The molecule has 1 amide bonds. The minimum atomic E-state index is 0.0124. The molecule has 1 unspecified atom stereocenters. The van der Waals surface area contributed by atoms with Crippen LogP contribution in [0, 0.1) is 11.8 Å². The van der Waals surface area contributed by atoms with Gasteiger partial charge in [0.05, 0.1) is 10.5 Å². The van der Waals surface area contributed by atoms with E-state index in [-0.39, 0.29) is 11.8 Å². The number of para-hydroxylation sites is 1. The Morgan fingerprint density at radius 1 is 1.24 bits per heavy atom. The van der Waals surface area contributed by atoms with Crippen molar-refractivity contribution in [1.82, 2.24) is 15.3 Å². The maximum atomic E-state index is 12.3. The number of aromatic amines is 1. The number of hydrogen-bond donors (Lipinski definition) is 3. The zero-order valence-corrected chi connectivity index (χ0v) is 14.6. The average Bonchev–Trinajstić information content (AvgIpc) is 2.99. The van der Waals surface area contributed by atoms with Crippen LogP contribution >= 0.6 is 11.6 Å². The normalized spacial score (nSPS) is 15.8. The number of hydrogen-bond acceptors (Lipinski definition) is 3. The van der Waals surface area contributed by atoms with Crippen molar-refractivity contribution in [2.24, 2.45) is 11.8 Å². The number of halogens is 1. The molecule has 1 saturated heterocycles. The number of aromatic nitrogens is 2. The van der Waals surface area contributed by atoms with E-state index in [1.54, 1.807) is 0 Å². The molecule has 0 saturated carbocycles. The fourth-order valence-electron chi connectivity index (χ4n) is 2.98. The fourth-order valence-corrected chi connectivity index (χ4v) is 3.20.